The third-order valence-electron chi connectivity index (χ3n) is 3.11. The van der Waals surface area contributed by atoms with Crippen LogP contribution in [0.25, 0.3) is 0 Å². The summed E-state index contributed by atoms with van der Waals surface area (Å²) in [6, 6.07) is 1.11. The van der Waals surface area contributed by atoms with Crippen LogP contribution in [0.5, 0.6) is 5.75 Å². The number of halogens is 3. The number of rotatable bonds is 5. The van der Waals surface area contributed by atoms with Gasteiger partial charge < -0.3 is 10.5 Å². The number of nitrogens with two attached hydrogens (primary N) is 1. The van der Waals surface area contributed by atoms with E-state index in [4.69, 9.17) is 10.5 Å². The van der Waals surface area contributed by atoms with Crippen molar-refractivity contribution >= 4 is 5.91 Å². The SMILES string of the molecule is NC(=O)c1cc(OCC(F)F)c(C2(F)CCC2)cn1. The third kappa shape index (κ3) is 2.80. The number of hydrogen-bond donors (Lipinski definition) is 1. The Hall–Kier alpha value is -1.79. The molecule has 7 heteroatoms. The molecule has 1 amide bonds. The summed E-state index contributed by atoms with van der Waals surface area (Å²) in [6.07, 6.45) is -0.261. The number of alkyl halides is 3. The summed E-state index contributed by atoms with van der Waals surface area (Å²) in [7, 11) is 0. The van der Waals surface area contributed by atoms with E-state index in [1.54, 1.807) is 0 Å². The molecule has 104 valence electrons. The molecule has 1 saturated carbocycles. The van der Waals surface area contributed by atoms with Crippen molar-refractivity contribution < 1.29 is 22.7 Å². The van der Waals surface area contributed by atoms with Gasteiger partial charge in [0.05, 0.1) is 0 Å². The van der Waals surface area contributed by atoms with Crippen LogP contribution < -0.4 is 10.5 Å². The fourth-order valence-corrected chi connectivity index (χ4v) is 1.94. The van der Waals surface area contributed by atoms with E-state index in [1.807, 2.05) is 0 Å². The van der Waals surface area contributed by atoms with Crippen molar-refractivity contribution in [2.45, 2.75) is 31.4 Å². The maximum atomic E-state index is 14.3. The minimum Gasteiger partial charge on any atom is -0.487 e. The second-order valence-corrected chi connectivity index (χ2v) is 4.45. The molecule has 0 aliphatic heterocycles. The zero-order valence-electron chi connectivity index (χ0n) is 10.0. The quantitative estimate of drug-likeness (QED) is 0.894. The molecule has 1 aliphatic carbocycles. The van der Waals surface area contributed by atoms with Gasteiger partial charge in [-0.3, -0.25) is 9.78 Å². The predicted octanol–water partition coefficient (Wildman–Crippen LogP) is 2.17. The Morgan fingerprint density at radius 3 is 2.68 bits per heavy atom. The minimum absolute atomic E-state index is 0.0914. The zero-order valence-corrected chi connectivity index (χ0v) is 10.0. The van der Waals surface area contributed by atoms with Crippen LogP contribution in [-0.2, 0) is 5.67 Å². The maximum absolute atomic E-state index is 14.3. The average molecular weight is 274 g/mol. The van der Waals surface area contributed by atoms with Crippen LogP contribution in [0.1, 0.15) is 35.3 Å². The van der Waals surface area contributed by atoms with Gasteiger partial charge in [-0.05, 0) is 19.3 Å². The van der Waals surface area contributed by atoms with E-state index in [0.717, 1.165) is 12.3 Å². The molecule has 1 aliphatic rings. The summed E-state index contributed by atoms with van der Waals surface area (Å²) < 4.78 is 43.6. The van der Waals surface area contributed by atoms with Crippen LogP contribution in [0.3, 0.4) is 0 Å². The largest absolute Gasteiger partial charge is 0.487 e. The van der Waals surface area contributed by atoms with Crippen molar-refractivity contribution in [2.75, 3.05) is 6.61 Å². The molecule has 4 nitrogen and oxygen atoms in total. The van der Waals surface area contributed by atoms with Crippen molar-refractivity contribution in [3.8, 4) is 5.75 Å². The van der Waals surface area contributed by atoms with Gasteiger partial charge >= 0.3 is 0 Å². The molecular weight excluding hydrogens is 261 g/mol. The summed E-state index contributed by atoms with van der Waals surface area (Å²) in [5.41, 5.74) is 3.39. The van der Waals surface area contributed by atoms with E-state index in [-0.39, 0.29) is 29.8 Å². The van der Waals surface area contributed by atoms with E-state index in [2.05, 4.69) is 4.98 Å². The Morgan fingerprint density at radius 2 is 2.21 bits per heavy atom. The number of hydrogen-bond acceptors (Lipinski definition) is 3. The molecule has 0 aromatic carbocycles. The van der Waals surface area contributed by atoms with Gasteiger partial charge in [0.1, 0.15) is 23.7 Å². The van der Waals surface area contributed by atoms with Crippen LogP contribution in [0.15, 0.2) is 12.3 Å². The summed E-state index contributed by atoms with van der Waals surface area (Å²) in [4.78, 5) is 14.7. The number of aromatic nitrogens is 1. The lowest BCUT2D eigenvalue weighted by atomic mass is 9.77. The standard InChI is InChI=1S/C12H13F3N2O2/c13-10(14)6-19-9-4-8(11(16)18)17-5-7(9)12(15)2-1-3-12/h4-5,10H,1-3,6H2,(H2,16,18). The van der Waals surface area contributed by atoms with E-state index in [0.29, 0.717) is 6.42 Å². The molecule has 0 saturated heterocycles. The van der Waals surface area contributed by atoms with Crippen LogP contribution in [0.4, 0.5) is 13.2 Å². The molecule has 2 rings (SSSR count). The third-order valence-corrected chi connectivity index (χ3v) is 3.11. The Labute approximate surface area is 107 Å². The molecule has 1 aromatic heterocycles. The molecule has 0 atom stereocenters. The van der Waals surface area contributed by atoms with Gasteiger partial charge in [0, 0.05) is 17.8 Å². The van der Waals surface area contributed by atoms with Crippen LogP contribution in [0, 0.1) is 0 Å². The molecule has 0 bridgehead atoms. The van der Waals surface area contributed by atoms with Gasteiger partial charge in [0.2, 0.25) is 0 Å². The van der Waals surface area contributed by atoms with Gasteiger partial charge in [-0.15, -0.1) is 0 Å². The van der Waals surface area contributed by atoms with Gasteiger partial charge in [-0.1, -0.05) is 0 Å². The van der Waals surface area contributed by atoms with Crippen LogP contribution >= 0.6 is 0 Å². The Bertz CT molecular complexity index is 490. The first kappa shape index (κ1) is 13.6. The molecule has 0 radical (unpaired) electrons. The summed E-state index contributed by atoms with van der Waals surface area (Å²) in [5, 5.41) is 0. The first-order chi connectivity index (χ1) is 8.92. The van der Waals surface area contributed by atoms with Crippen LogP contribution in [0.2, 0.25) is 0 Å². The van der Waals surface area contributed by atoms with Crippen molar-refractivity contribution in [3.05, 3.63) is 23.5 Å². The lowest BCUT2D eigenvalue weighted by Crippen LogP contribution is -2.30. The topological polar surface area (TPSA) is 65.2 Å². The van der Waals surface area contributed by atoms with Crippen molar-refractivity contribution in [3.63, 3.8) is 0 Å². The van der Waals surface area contributed by atoms with E-state index >= 15 is 0 Å². The lowest BCUT2D eigenvalue weighted by Gasteiger charge is -2.35. The molecule has 1 aromatic rings. The van der Waals surface area contributed by atoms with E-state index in [9.17, 15) is 18.0 Å². The van der Waals surface area contributed by atoms with Crippen LogP contribution in [-0.4, -0.2) is 23.9 Å². The number of ether oxygens (including phenoxy) is 1. The van der Waals surface area contributed by atoms with Gasteiger partial charge in [0.25, 0.3) is 12.3 Å². The highest BCUT2D eigenvalue weighted by Gasteiger charge is 2.41. The molecular formula is C12H13F3N2O2. The Balaban J connectivity index is 2.32. The van der Waals surface area contributed by atoms with E-state index in [1.165, 1.54) is 0 Å². The number of carbonyl (C=O) groups is 1. The molecule has 2 N–H and O–H groups in total. The second kappa shape index (κ2) is 5.07. The normalized spacial score (nSPS) is 17.1. The highest BCUT2D eigenvalue weighted by Crippen LogP contribution is 2.48. The fraction of sp³-hybridized carbons (Fsp3) is 0.500. The van der Waals surface area contributed by atoms with Crippen molar-refractivity contribution in [1.29, 1.82) is 0 Å². The number of carbonyl (C=O) groups excluding carboxylic acids is 1. The zero-order chi connectivity index (χ0) is 14.0. The fourth-order valence-electron chi connectivity index (χ4n) is 1.94. The van der Waals surface area contributed by atoms with Crippen molar-refractivity contribution in [1.82, 2.24) is 4.98 Å². The summed E-state index contributed by atoms with van der Waals surface area (Å²) in [5.74, 6) is -0.915. The average Bonchev–Trinajstić information content (AvgIpc) is 2.33. The smallest absolute Gasteiger partial charge is 0.272 e. The predicted molar refractivity (Wildman–Crippen MR) is 60.9 cm³/mol. The Morgan fingerprint density at radius 1 is 1.53 bits per heavy atom. The van der Waals surface area contributed by atoms with Gasteiger partial charge in [0.15, 0.2) is 0 Å². The molecule has 0 spiro atoms. The van der Waals surface area contributed by atoms with E-state index < -0.39 is 24.6 Å². The van der Waals surface area contributed by atoms with Gasteiger partial charge in [-0.2, -0.15) is 0 Å². The number of primary amides is 1. The lowest BCUT2D eigenvalue weighted by molar-refractivity contribution is 0.0487. The molecule has 19 heavy (non-hydrogen) atoms. The summed E-state index contributed by atoms with van der Waals surface area (Å²) >= 11 is 0. The van der Waals surface area contributed by atoms with Gasteiger partial charge in [-0.25, -0.2) is 13.2 Å². The summed E-state index contributed by atoms with van der Waals surface area (Å²) in [6.45, 7) is -0.870. The first-order valence-electron chi connectivity index (χ1n) is 5.82. The highest BCUT2D eigenvalue weighted by atomic mass is 19.3. The first-order valence-corrected chi connectivity index (χ1v) is 5.82. The molecule has 1 fully saturated rings. The Kier molecular flexibility index (Phi) is 3.64. The number of pyridine rings is 1. The second-order valence-electron chi connectivity index (χ2n) is 4.45. The highest BCUT2D eigenvalue weighted by molar-refractivity contribution is 5.91. The molecule has 0 unspecified atom stereocenters. The number of amides is 1. The maximum Gasteiger partial charge on any atom is 0.272 e. The minimum atomic E-state index is -2.69. The number of nitrogens with zero attached hydrogens (tertiary/aromatic N) is 1. The molecule has 1 heterocycles. The van der Waals surface area contributed by atoms with Crippen molar-refractivity contribution in [2.24, 2.45) is 5.73 Å². The monoisotopic (exact) mass is 274 g/mol.